The molecule has 2 nitrogen and oxygen atoms in total. The summed E-state index contributed by atoms with van der Waals surface area (Å²) in [6.07, 6.45) is 23.3. The van der Waals surface area contributed by atoms with Gasteiger partial charge in [0.1, 0.15) is 6.54 Å². The van der Waals surface area contributed by atoms with Crippen molar-refractivity contribution in [2.75, 3.05) is 26.7 Å². The number of likely N-dealkylation sites (N-methyl/N-ethyl adjacent to an activating group) is 1. The van der Waals surface area contributed by atoms with Crippen molar-refractivity contribution < 1.29 is 21.7 Å². The first-order valence-electron chi connectivity index (χ1n) is 12.0. The molecule has 0 spiro atoms. The summed E-state index contributed by atoms with van der Waals surface area (Å²) in [7, 11) is 2.16. The Bertz CT molecular complexity index is 358. The highest BCUT2D eigenvalue weighted by molar-refractivity contribution is 5.79. The summed E-state index contributed by atoms with van der Waals surface area (Å²) in [6, 6.07) is 0. The molecule has 0 amide bonds. The van der Waals surface area contributed by atoms with E-state index in [1.165, 1.54) is 89.9 Å². The molecule has 0 aliphatic rings. The van der Waals surface area contributed by atoms with Gasteiger partial charge in [0.25, 0.3) is 0 Å². The topological polar surface area (TPSA) is 17.1 Å². The van der Waals surface area contributed by atoms with E-state index < -0.39 is 0 Å². The largest absolute Gasteiger partial charge is 1.00 e. The molecule has 0 rings (SSSR count). The highest BCUT2D eigenvalue weighted by Crippen LogP contribution is 2.14. The number of halogens is 1. The lowest BCUT2D eigenvalue weighted by atomic mass is 10.0. The number of carbonyl (C=O) groups excluding carboxylic acids is 1. The first kappa shape index (κ1) is 29.9. The van der Waals surface area contributed by atoms with Crippen LogP contribution in [-0.4, -0.2) is 36.9 Å². The van der Waals surface area contributed by atoms with E-state index in [9.17, 15) is 4.79 Å². The SMILES string of the molecule is C=CC[N+](C)(CC)CC(=O)CCCCCCCCCCCCCCCCC.[Cl-]. The zero-order chi connectivity index (χ0) is 20.2. The van der Waals surface area contributed by atoms with Gasteiger partial charge in [0.15, 0.2) is 5.78 Å². The fourth-order valence-electron chi connectivity index (χ4n) is 3.82. The van der Waals surface area contributed by atoms with E-state index in [1.54, 1.807) is 0 Å². The Balaban J connectivity index is 0. The van der Waals surface area contributed by atoms with Crippen molar-refractivity contribution in [3.63, 3.8) is 0 Å². The third kappa shape index (κ3) is 19.0. The lowest BCUT2D eigenvalue weighted by Gasteiger charge is -2.31. The number of carbonyl (C=O) groups is 1. The average molecular weight is 416 g/mol. The van der Waals surface area contributed by atoms with E-state index in [0.29, 0.717) is 12.3 Å². The van der Waals surface area contributed by atoms with Gasteiger partial charge in [-0.1, -0.05) is 103 Å². The third-order valence-corrected chi connectivity index (χ3v) is 5.95. The molecule has 1 unspecified atom stereocenters. The first-order chi connectivity index (χ1) is 13.1. The molecule has 0 N–H and O–H groups in total. The number of rotatable bonds is 21. The summed E-state index contributed by atoms with van der Waals surface area (Å²) in [5.41, 5.74) is 0. The summed E-state index contributed by atoms with van der Waals surface area (Å²) >= 11 is 0. The van der Waals surface area contributed by atoms with Crippen molar-refractivity contribution in [3.05, 3.63) is 12.7 Å². The van der Waals surface area contributed by atoms with E-state index in [1.807, 2.05) is 6.08 Å². The normalized spacial score (nSPS) is 13.0. The molecular weight excluding hydrogens is 366 g/mol. The summed E-state index contributed by atoms with van der Waals surface area (Å²) in [6.45, 7) is 10.8. The van der Waals surface area contributed by atoms with Crippen LogP contribution in [0.15, 0.2) is 12.7 Å². The van der Waals surface area contributed by atoms with Crippen molar-refractivity contribution >= 4 is 5.78 Å². The number of Topliss-reactive ketones (excluding diaryl/α,β-unsaturated/α-hetero) is 1. The number of hydrogen-bond acceptors (Lipinski definition) is 1. The summed E-state index contributed by atoms with van der Waals surface area (Å²) in [5.74, 6) is 0.427. The minimum atomic E-state index is 0. The van der Waals surface area contributed by atoms with Crippen molar-refractivity contribution in [1.82, 2.24) is 0 Å². The predicted octanol–water partition coefficient (Wildman–Crippen LogP) is 4.47. The molecule has 28 heavy (non-hydrogen) atoms. The van der Waals surface area contributed by atoms with Gasteiger partial charge < -0.3 is 16.9 Å². The Morgan fingerprint density at radius 2 is 1.14 bits per heavy atom. The molecule has 0 saturated heterocycles. The Hall–Kier alpha value is -0.340. The van der Waals surface area contributed by atoms with Gasteiger partial charge in [-0.15, -0.1) is 0 Å². The molecule has 0 aromatic carbocycles. The Labute approximate surface area is 183 Å². The number of nitrogens with zero attached hydrogens (tertiary/aromatic N) is 1. The van der Waals surface area contributed by atoms with E-state index in [0.717, 1.165) is 30.4 Å². The second-order valence-electron chi connectivity index (χ2n) is 8.80. The van der Waals surface area contributed by atoms with Gasteiger partial charge in [-0.2, -0.15) is 0 Å². The smallest absolute Gasteiger partial charge is 0.186 e. The number of ketones is 1. The summed E-state index contributed by atoms with van der Waals surface area (Å²) < 4.78 is 0.807. The van der Waals surface area contributed by atoms with Gasteiger partial charge >= 0.3 is 0 Å². The molecule has 0 aliphatic heterocycles. The van der Waals surface area contributed by atoms with Gasteiger partial charge in [-0.25, -0.2) is 0 Å². The van der Waals surface area contributed by atoms with Crippen molar-refractivity contribution in [2.45, 2.75) is 117 Å². The van der Waals surface area contributed by atoms with Crippen LogP contribution in [0.1, 0.15) is 117 Å². The summed E-state index contributed by atoms with van der Waals surface area (Å²) in [4.78, 5) is 12.2. The molecule has 0 radical (unpaired) electrons. The monoisotopic (exact) mass is 415 g/mol. The van der Waals surface area contributed by atoms with Crippen molar-refractivity contribution in [2.24, 2.45) is 0 Å². The maximum absolute atomic E-state index is 12.2. The van der Waals surface area contributed by atoms with Crippen LogP contribution in [0.3, 0.4) is 0 Å². The second-order valence-corrected chi connectivity index (χ2v) is 8.80. The zero-order valence-electron chi connectivity index (χ0n) is 19.5. The fraction of sp³-hybridized carbons (Fsp3) is 0.880. The molecule has 168 valence electrons. The van der Waals surface area contributed by atoms with E-state index in [2.05, 4.69) is 27.5 Å². The molecule has 0 aromatic heterocycles. The molecular formula is C25H50ClNO. The minimum Gasteiger partial charge on any atom is -1.00 e. The van der Waals surface area contributed by atoms with Crippen LogP contribution in [0.5, 0.6) is 0 Å². The Kier molecular flexibility index (Phi) is 22.8. The highest BCUT2D eigenvalue weighted by Gasteiger charge is 2.21. The molecule has 0 aliphatic carbocycles. The lowest BCUT2D eigenvalue weighted by Crippen LogP contribution is -3.00. The standard InChI is InChI=1S/C25H50NO.ClH/c1-5-8-9-10-11-12-13-14-15-16-17-18-19-20-21-22-25(27)24-26(4,7-3)23-6-2;/h6H,2,5,7-24H2,1,3-4H3;1H/q+1;/p-1. The predicted molar refractivity (Wildman–Crippen MR) is 121 cm³/mol. The Morgan fingerprint density at radius 1 is 0.750 bits per heavy atom. The van der Waals surface area contributed by atoms with Gasteiger partial charge in [0, 0.05) is 6.42 Å². The molecule has 0 fully saturated rings. The van der Waals surface area contributed by atoms with Crippen molar-refractivity contribution in [1.29, 1.82) is 0 Å². The molecule has 0 aromatic rings. The van der Waals surface area contributed by atoms with Gasteiger partial charge in [0.05, 0.1) is 20.1 Å². The molecule has 0 bridgehead atoms. The molecule has 3 heteroatoms. The Morgan fingerprint density at radius 3 is 1.50 bits per heavy atom. The molecule has 0 saturated carbocycles. The molecule has 1 atom stereocenters. The van der Waals surface area contributed by atoms with Gasteiger partial charge in [0.2, 0.25) is 0 Å². The number of unbranched alkanes of at least 4 members (excludes halogenated alkanes) is 14. The van der Waals surface area contributed by atoms with Crippen molar-refractivity contribution in [3.8, 4) is 0 Å². The maximum atomic E-state index is 12.2. The van der Waals surface area contributed by atoms with E-state index in [-0.39, 0.29) is 12.4 Å². The fourth-order valence-corrected chi connectivity index (χ4v) is 3.82. The number of hydrogen-bond donors (Lipinski definition) is 0. The highest BCUT2D eigenvalue weighted by atomic mass is 35.5. The van der Waals surface area contributed by atoms with Crippen LogP contribution >= 0.6 is 0 Å². The van der Waals surface area contributed by atoms with E-state index >= 15 is 0 Å². The third-order valence-electron chi connectivity index (χ3n) is 5.95. The lowest BCUT2D eigenvalue weighted by molar-refractivity contribution is -0.894. The quantitative estimate of drug-likeness (QED) is 0.153. The minimum absolute atomic E-state index is 0. The second kappa shape index (κ2) is 21.4. The van der Waals surface area contributed by atoms with Gasteiger partial charge in [-0.05, 0) is 19.4 Å². The van der Waals surface area contributed by atoms with Crippen LogP contribution < -0.4 is 12.4 Å². The number of quaternary nitrogens is 1. The van der Waals surface area contributed by atoms with Gasteiger partial charge in [-0.3, -0.25) is 4.79 Å². The summed E-state index contributed by atoms with van der Waals surface area (Å²) in [5, 5.41) is 0. The van der Waals surface area contributed by atoms with Crippen LogP contribution in [0, 0.1) is 0 Å². The average Bonchev–Trinajstić information content (AvgIpc) is 2.65. The molecule has 0 heterocycles. The van der Waals surface area contributed by atoms with Crippen LogP contribution in [0.4, 0.5) is 0 Å². The zero-order valence-corrected chi connectivity index (χ0v) is 20.2. The maximum Gasteiger partial charge on any atom is 0.186 e. The van der Waals surface area contributed by atoms with Crippen LogP contribution in [-0.2, 0) is 4.79 Å². The van der Waals surface area contributed by atoms with E-state index in [4.69, 9.17) is 0 Å². The first-order valence-corrected chi connectivity index (χ1v) is 12.0. The van der Waals surface area contributed by atoms with Crippen LogP contribution in [0.25, 0.3) is 0 Å². The van der Waals surface area contributed by atoms with Crippen LogP contribution in [0.2, 0.25) is 0 Å².